The second-order valence-corrected chi connectivity index (χ2v) is 5.86. The Hall–Kier alpha value is -1.55. The van der Waals surface area contributed by atoms with Crippen LogP contribution >= 0.6 is 0 Å². The van der Waals surface area contributed by atoms with Crippen LogP contribution in [0.4, 0.5) is 4.79 Å². The first-order valence-electron chi connectivity index (χ1n) is 7.11. The molecule has 0 fully saturated rings. The van der Waals surface area contributed by atoms with Crippen molar-refractivity contribution in [1.29, 1.82) is 0 Å². The van der Waals surface area contributed by atoms with Gasteiger partial charge in [-0.05, 0) is 18.9 Å². The van der Waals surface area contributed by atoms with Gasteiger partial charge in [0.1, 0.15) is 0 Å². The summed E-state index contributed by atoms with van der Waals surface area (Å²) in [6, 6.07) is 7.93. The lowest BCUT2D eigenvalue weighted by Crippen LogP contribution is -2.47. The highest BCUT2D eigenvalue weighted by atomic mass is 16.3. The highest BCUT2D eigenvalue weighted by Crippen LogP contribution is 2.22. The van der Waals surface area contributed by atoms with Crippen LogP contribution in [0.15, 0.2) is 24.3 Å². The molecule has 0 heterocycles. The van der Waals surface area contributed by atoms with Crippen molar-refractivity contribution in [3.05, 3.63) is 35.4 Å². The van der Waals surface area contributed by atoms with Crippen molar-refractivity contribution >= 4 is 6.03 Å². The number of rotatable bonds is 6. The van der Waals surface area contributed by atoms with Crippen molar-refractivity contribution in [3.63, 3.8) is 0 Å². The molecule has 0 saturated heterocycles. The summed E-state index contributed by atoms with van der Waals surface area (Å²) in [5.41, 5.74) is 2.29. The van der Waals surface area contributed by atoms with Crippen molar-refractivity contribution in [2.24, 2.45) is 0 Å². The first-order chi connectivity index (χ1) is 9.39. The molecule has 112 valence electrons. The van der Waals surface area contributed by atoms with E-state index >= 15 is 0 Å². The van der Waals surface area contributed by atoms with Gasteiger partial charge in [-0.3, -0.25) is 0 Å². The number of hydrogen-bond acceptors (Lipinski definition) is 2. The largest absolute Gasteiger partial charge is 0.394 e. The molecule has 1 rings (SSSR count). The molecule has 0 spiro atoms. The fraction of sp³-hybridized carbons (Fsp3) is 0.562. The van der Waals surface area contributed by atoms with Crippen molar-refractivity contribution in [3.8, 4) is 0 Å². The summed E-state index contributed by atoms with van der Waals surface area (Å²) in [5.74, 6) is 0. The molecule has 0 aromatic heterocycles. The molecule has 2 amide bonds. The van der Waals surface area contributed by atoms with Crippen LogP contribution in [-0.4, -0.2) is 30.3 Å². The minimum Gasteiger partial charge on any atom is -0.394 e. The van der Waals surface area contributed by atoms with Crippen molar-refractivity contribution < 1.29 is 9.90 Å². The number of nitrogens with one attached hydrogen (secondary N) is 2. The Morgan fingerprint density at radius 3 is 2.40 bits per heavy atom. The third-order valence-electron chi connectivity index (χ3n) is 3.57. The van der Waals surface area contributed by atoms with E-state index in [1.807, 2.05) is 6.92 Å². The summed E-state index contributed by atoms with van der Waals surface area (Å²) in [5, 5.41) is 14.7. The van der Waals surface area contributed by atoms with Gasteiger partial charge in [-0.25, -0.2) is 4.79 Å². The third-order valence-corrected chi connectivity index (χ3v) is 3.57. The number of aliphatic hydroxyl groups excluding tert-OH is 1. The molecule has 4 heteroatoms. The summed E-state index contributed by atoms with van der Waals surface area (Å²) < 4.78 is 0. The van der Waals surface area contributed by atoms with E-state index < -0.39 is 0 Å². The van der Waals surface area contributed by atoms with E-state index in [1.165, 1.54) is 11.1 Å². The number of carbonyl (C=O) groups is 1. The molecule has 3 N–H and O–H groups in total. The van der Waals surface area contributed by atoms with Gasteiger partial charge < -0.3 is 15.7 Å². The minimum absolute atomic E-state index is 0.0364. The van der Waals surface area contributed by atoms with Crippen LogP contribution in [0, 0.1) is 6.92 Å². The van der Waals surface area contributed by atoms with Crippen LogP contribution < -0.4 is 10.6 Å². The zero-order valence-corrected chi connectivity index (χ0v) is 12.9. The Labute approximate surface area is 121 Å². The fourth-order valence-electron chi connectivity index (χ4n) is 1.92. The maximum atomic E-state index is 11.8. The van der Waals surface area contributed by atoms with Gasteiger partial charge in [0.15, 0.2) is 0 Å². The van der Waals surface area contributed by atoms with Crippen molar-refractivity contribution in [2.45, 2.75) is 45.6 Å². The molecule has 0 radical (unpaired) electrons. The Bertz CT molecular complexity index is 423. The highest BCUT2D eigenvalue weighted by molar-refractivity contribution is 5.74. The maximum Gasteiger partial charge on any atom is 0.315 e. The number of hydrogen-bond donors (Lipinski definition) is 3. The highest BCUT2D eigenvalue weighted by Gasteiger charge is 2.21. The summed E-state index contributed by atoms with van der Waals surface area (Å²) >= 11 is 0. The van der Waals surface area contributed by atoms with E-state index in [-0.39, 0.29) is 24.1 Å². The van der Waals surface area contributed by atoms with Gasteiger partial charge in [-0.2, -0.15) is 0 Å². The third kappa shape index (κ3) is 4.85. The van der Waals surface area contributed by atoms with Gasteiger partial charge in [0.2, 0.25) is 0 Å². The van der Waals surface area contributed by atoms with Gasteiger partial charge in [-0.15, -0.1) is 0 Å². The lowest BCUT2D eigenvalue weighted by molar-refractivity contribution is 0.213. The van der Waals surface area contributed by atoms with Gasteiger partial charge in [0.25, 0.3) is 0 Å². The van der Waals surface area contributed by atoms with E-state index in [1.54, 1.807) is 0 Å². The fourth-order valence-corrected chi connectivity index (χ4v) is 1.92. The average Bonchev–Trinajstić information content (AvgIpc) is 2.43. The second-order valence-electron chi connectivity index (χ2n) is 5.86. The zero-order valence-electron chi connectivity index (χ0n) is 12.9. The van der Waals surface area contributed by atoms with Gasteiger partial charge >= 0.3 is 6.03 Å². The molecule has 0 aliphatic rings. The monoisotopic (exact) mass is 278 g/mol. The van der Waals surface area contributed by atoms with E-state index in [0.717, 1.165) is 0 Å². The number of benzene rings is 1. The molecule has 1 aromatic rings. The summed E-state index contributed by atoms with van der Waals surface area (Å²) in [4.78, 5) is 11.8. The smallest absolute Gasteiger partial charge is 0.315 e. The first-order valence-corrected chi connectivity index (χ1v) is 7.11. The lowest BCUT2D eigenvalue weighted by atomic mass is 9.84. The standard InChI is InChI=1S/C16H26N2O2/c1-5-14(10-19)18-15(20)17-11-16(3,4)13-8-6-12(2)7-9-13/h6-9,14,19H,5,10-11H2,1-4H3,(H2,17,18,20). The topological polar surface area (TPSA) is 61.4 Å². The van der Waals surface area contributed by atoms with Crippen LogP contribution in [0.25, 0.3) is 0 Å². The van der Waals surface area contributed by atoms with Gasteiger partial charge in [-0.1, -0.05) is 50.6 Å². The maximum absolute atomic E-state index is 11.8. The quantitative estimate of drug-likeness (QED) is 0.748. The number of aliphatic hydroxyl groups is 1. The zero-order chi connectivity index (χ0) is 15.2. The Morgan fingerprint density at radius 2 is 1.90 bits per heavy atom. The molecular weight excluding hydrogens is 252 g/mol. The van der Waals surface area contributed by atoms with Crippen molar-refractivity contribution in [2.75, 3.05) is 13.2 Å². The van der Waals surface area contributed by atoms with Gasteiger partial charge in [0.05, 0.1) is 12.6 Å². The van der Waals surface area contributed by atoms with Crippen LogP contribution in [0.5, 0.6) is 0 Å². The summed E-state index contributed by atoms with van der Waals surface area (Å²) in [6.45, 7) is 8.69. The lowest BCUT2D eigenvalue weighted by Gasteiger charge is -2.26. The summed E-state index contributed by atoms with van der Waals surface area (Å²) in [7, 11) is 0. The van der Waals surface area contributed by atoms with E-state index in [9.17, 15) is 4.79 Å². The molecule has 20 heavy (non-hydrogen) atoms. The predicted molar refractivity (Wildman–Crippen MR) is 81.9 cm³/mol. The van der Waals surface area contributed by atoms with Crippen LogP contribution in [0.1, 0.15) is 38.3 Å². The van der Waals surface area contributed by atoms with Crippen LogP contribution in [0.2, 0.25) is 0 Å². The van der Waals surface area contributed by atoms with E-state index in [4.69, 9.17) is 5.11 Å². The van der Waals surface area contributed by atoms with Crippen molar-refractivity contribution in [1.82, 2.24) is 10.6 Å². The number of amides is 2. The normalized spacial score (nSPS) is 12.8. The van der Waals surface area contributed by atoms with E-state index in [2.05, 4.69) is 55.7 Å². The number of aryl methyl sites for hydroxylation is 1. The molecule has 1 aromatic carbocycles. The molecule has 1 atom stereocenters. The molecule has 0 saturated carbocycles. The van der Waals surface area contributed by atoms with Crippen LogP contribution in [0.3, 0.4) is 0 Å². The minimum atomic E-state index is -0.230. The SMILES string of the molecule is CCC(CO)NC(=O)NCC(C)(C)c1ccc(C)cc1. The van der Waals surface area contributed by atoms with Crippen LogP contribution in [-0.2, 0) is 5.41 Å². The Kier molecular flexibility index (Phi) is 6.02. The predicted octanol–water partition coefficient (Wildman–Crippen LogP) is 2.34. The Morgan fingerprint density at radius 1 is 1.30 bits per heavy atom. The second kappa shape index (κ2) is 7.29. The number of urea groups is 1. The van der Waals surface area contributed by atoms with Gasteiger partial charge in [0, 0.05) is 12.0 Å². The molecule has 0 bridgehead atoms. The first kappa shape index (κ1) is 16.5. The Balaban J connectivity index is 2.54. The molecule has 0 aliphatic carbocycles. The summed E-state index contributed by atoms with van der Waals surface area (Å²) in [6.07, 6.45) is 0.714. The molecule has 0 aliphatic heterocycles. The number of carbonyl (C=O) groups excluding carboxylic acids is 1. The molecule has 1 unspecified atom stereocenters. The molecule has 4 nitrogen and oxygen atoms in total. The average molecular weight is 278 g/mol. The van der Waals surface area contributed by atoms with E-state index in [0.29, 0.717) is 13.0 Å². The molecular formula is C16H26N2O2.